The highest BCUT2D eigenvalue weighted by molar-refractivity contribution is 7.47. The van der Waals surface area contributed by atoms with E-state index < -0.39 is 7.82 Å². The molecule has 1 N–H and O–H groups in total. The topological polar surface area (TPSA) is 55.8 Å². The Balaban J connectivity index is 1.38. The number of hydrogen-bond acceptors (Lipinski definition) is 3. The van der Waals surface area contributed by atoms with Gasteiger partial charge >= 0.3 is 7.82 Å². The second-order valence-electron chi connectivity index (χ2n) is 15.6. The molecule has 0 amide bonds. The van der Waals surface area contributed by atoms with E-state index in [4.69, 9.17) is 9.05 Å². The lowest BCUT2D eigenvalue weighted by Crippen LogP contribution is -2.51. The molecule has 6 heteroatoms. The van der Waals surface area contributed by atoms with E-state index in [1.54, 1.807) is 0 Å². The van der Waals surface area contributed by atoms with E-state index in [2.05, 4.69) is 40.7 Å². The number of quaternary nitrogens is 1. The molecule has 4 rings (SSSR count). The van der Waals surface area contributed by atoms with Crippen molar-refractivity contribution in [3.05, 3.63) is 11.6 Å². The fraction of sp³-hybridized carbons (Fsp3) is 0.938. The molecular weight excluding hydrogens is 493 g/mol. The first kappa shape index (κ1) is 30.8. The highest BCUT2D eigenvalue weighted by atomic mass is 31.2. The number of nitrogens with zero attached hydrogens (tertiary/aromatic N) is 1. The van der Waals surface area contributed by atoms with Crippen LogP contribution < -0.4 is 0 Å². The molecule has 3 saturated carbocycles. The maximum absolute atomic E-state index is 12.7. The standard InChI is InChI=1S/C32H58NO4P/c1-23(2)10-9-11-24(3)28-14-15-29-27-13-12-25-22-26(37-38(34,35)36-21-20-33(6,7)8)16-18-31(25,4)30(27)17-19-32(28,29)5/h12,23-24,26-30H,9-11,13-22H2,1-8H3/p+1/t24-,26?,27+,28-,29+,30+,31+,32-/m1/s1. The van der Waals surface area contributed by atoms with Crippen molar-refractivity contribution in [1.82, 2.24) is 0 Å². The predicted octanol–water partition coefficient (Wildman–Crippen LogP) is 8.24. The van der Waals surface area contributed by atoms with E-state index in [0.717, 1.165) is 54.8 Å². The van der Waals surface area contributed by atoms with E-state index >= 15 is 0 Å². The highest BCUT2D eigenvalue weighted by Crippen LogP contribution is 2.67. The maximum atomic E-state index is 12.7. The van der Waals surface area contributed by atoms with Crippen LogP contribution in [0.15, 0.2) is 11.6 Å². The summed E-state index contributed by atoms with van der Waals surface area (Å²) < 4.78 is 24.4. The quantitative estimate of drug-likeness (QED) is 0.159. The SMILES string of the molecule is CC(C)CCC[C@@H](C)[C@H]1CC[C@H]2[C@@H]3CC=C4CC(OP(=O)(O)OCC[N+](C)(C)C)CC[C@]4(C)[C@H]3CC[C@]12C. The van der Waals surface area contributed by atoms with Gasteiger partial charge in [0.2, 0.25) is 0 Å². The van der Waals surface area contributed by atoms with Gasteiger partial charge in [-0.3, -0.25) is 9.05 Å². The summed E-state index contributed by atoms with van der Waals surface area (Å²) in [6, 6.07) is 0. The second kappa shape index (κ2) is 11.6. The van der Waals surface area contributed by atoms with Crippen LogP contribution in [0.1, 0.15) is 105 Å². The Kier molecular flexibility index (Phi) is 9.38. The molecule has 2 unspecified atom stereocenters. The van der Waals surface area contributed by atoms with Gasteiger partial charge in [0.15, 0.2) is 0 Å². The lowest BCUT2D eigenvalue weighted by molar-refractivity contribution is -0.870. The summed E-state index contributed by atoms with van der Waals surface area (Å²) in [5.74, 6) is 4.96. The van der Waals surface area contributed by atoms with Gasteiger partial charge < -0.3 is 9.38 Å². The number of rotatable bonds is 11. The van der Waals surface area contributed by atoms with Crippen molar-refractivity contribution in [2.24, 2.45) is 46.3 Å². The second-order valence-corrected chi connectivity index (χ2v) is 17.0. The van der Waals surface area contributed by atoms with Crippen LogP contribution in [-0.2, 0) is 13.6 Å². The summed E-state index contributed by atoms with van der Waals surface area (Å²) in [5, 5.41) is 0. The fourth-order valence-corrected chi connectivity index (χ4v) is 10.3. The summed E-state index contributed by atoms with van der Waals surface area (Å²) in [5.41, 5.74) is 2.21. The predicted molar refractivity (Wildman–Crippen MR) is 157 cm³/mol. The van der Waals surface area contributed by atoms with Crippen molar-refractivity contribution in [3.63, 3.8) is 0 Å². The van der Waals surface area contributed by atoms with Crippen molar-refractivity contribution in [3.8, 4) is 0 Å². The molecule has 0 aliphatic heterocycles. The summed E-state index contributed by atoms with van der Waals surface area (Å²) in [7, 11) is 2.10. The van der Waals surface area contributed by atoms with Gasteiger partial charge in [-0.05, 0) is 97.7 Å². The van der Waals surface area contributed by atoms with Gasteiger partial charge in [0.25, 0.3) is 0 Å². The minimum absolute atomic E-state index is 0.217. The van der Waals surface area contributed by atoms with Crippen LogP contribution in [0.5, 0.6) is 0 Å². The Hall–Kier alpha value is -0.190. The molecule has 4 aliphatic carbocycles. The van der Waals surface area contributed by atoms with Crippen LogP contribution in [-0.4, -0.2) is 49.8 Å². The molecule has 0 spiro atoms. The maximum Gasteiger partial charge on any atom is 0.472 e. The Bertz CT molecular complexity index is 896. The van der Waals surface area contributed by atoms with Gasteiger partial charge in [-0.15, -0.1) is 0 Å². The molecule has 0 heterocycles. The van der Waals surface area contributed by atoms with Crippen molar-refractivity contribution >= 4 is 7.82 Å². The van der Waals surface area contributed by atoms with E-state index in [1.807, 2.05) is 21.1 Å². The number of phosphoric ester groups is 1. The first-order valence-corrected chi connectivity index (χ1v) is 17.3. The van der Waals surface area contributed by atoms with Gasteiger partial charge in [0.05, 0.1) is 27.2 Å². The summed E-state index contributed by atoms with van der Waals surface area (Å²) in [6.07, 6.45) is 15.9. The molecule has 0 aromatic heterocycles. The molecule has 38 heavy (non-hydrogen) atoms. The van der Waals surface area contributed by atoms with Crippen LogP contribution in [0.25, 0.3) is 0 Å². The van der Waals surface area contributed by atoms with E-state index in [1.165, 1.54) is 56.9 Å². The first-order chi connectivity index (χ1) is 17.6. The number of phosphoric acid groups is 1. The normalized spacial score (nSPS) is 39.6. The molecule has 0 radical (unpaired) electrons. The number of likely N-dealkylation sites (N-methyl/N-ethyl adjacent to an activating group) is 1. The van der Waals surface area contributed by atoms with Crippen LogP contribution in [0.2, 0.25) is 0 Å². The zero-order valence-corrected chi connectivity index (χ0v) is 26.8. The van der Waals surface area contributed by atoms with Gasteiger partial charge in [-0.1, -0.05) is 65.5 Å². The third-order valence-electron chi connectivity index (χ3n) is 11.6. The Morgan fingerprint density at radius 3 is 2.47 bits per heavy atom. The largest absolute Gasteiger partial charge is 0.472 e. The number of hydrogen-bond donors (Lipinski definition) is 1. The third kappa shape index (κ3) is 6.64. The van der Waals surface area contributed by atoms with Gasteiger partial charge in [-0.25, -0.2) is 4.57 Å². The summed E-state index contributed by atoms with van der Waals surface area (Å²) in [4.78, 5) is 10.4. The zero-order valence-electron chi connectivity index (χ0n) is 25.9. The Morgan fingerprint density at radius 2 is 1.79 bits per heavy atom. The van der Waals surface area contributed by atoms with Crippen LogP contribution in [0.4, 0.5) is 0 Å². The number of allylic oxidation sites excluding steroid dienone is 1. The minimum Gasteiger partial charge on any atom is -0.329 e. The van der Waals surface area contributed by atoms with Gasteiger partial charge in [0.1, 0.15) is 13.2 Å². The lowest BCUT2D eigenvalue weighted by atomic mass is 9.47. The molecule has 0 aromatic rings. The average molecular weight is 553 g/mol. The third-order valence-corrected chi connectivity index (χ3v) is 12.6. The van der Waals surface area contributed by atoms with Gasteiger partial charge in [0, 0.05) is 0 Å². The summed E-state index contributed by atoms with van der Waals surface area (Å²) >= 11 is 0. The van der Waals surface area contributed by atoms with Crippen molar-refractivity contribution in [1.29, 1.82) is 0 Å². The van der Waals surface area contributed by atoms with Gasteiger partial charge in [-0.2, -0.15) is 0 Å². The number of fused-ring (bicyclic) bond motifs is 5. The molecular formula is C32H59NO4P+. The van der Waals surface area contributed by atoms with Crippen molar-refractivity contribution < 1.29 is 23.0 Å². The van der Waals surface area contributed by atoms with E-state index in [0.29, 0.717) is 16.4 Å². The molecule has 5 nitrogen and oxygen atoms in total. The molecule has 0 aromatic carbocycles. The molecule has 4 aliphatic rings. The molecule has 9 atom stereocenters. The lowest BCUT2D eigenvalue weighted by Gasteiger charge is -2.58. The van der Waals surface area contributed by atoms with Crippen LogP contribution in [0, 0.1) is 46.3 Å². The molecule has 0 saturated heterocycles. The highest BCUT2D eigenvalue weighted by Gasteiger charge is 2.59. The molecule has 220 valence electrons. The van der Waals surface area contributed by atoms with Crippen LogP contribution in [0.3, 0.4) is 0 Å². The monoisotopic (exact) mass is 552 g/mol. The van der Waals surface area contributed by atoms with Crippen molar-refractivity contribution in [2.75, 3.05) is 34.3 Å². The molecule has 3 fully saturated rings. The van der Waals surface area contributed by atoms with Crippen molar-refractivity contribution in [2.45, 2.75) is 111 Å². The summed E-state index contributed by atoms with van der Waals surface area (Å²) in [6.45, 7) is 13.3. The fourth-order valence-electron chi connectivity index (χ4n) is 9.39. The Labute approximate surface area is 234 Å². The van der Waals surface area contributed by atoms with E-state index in [9.17, 15) is 9.46 Å². The van der Waals surface area contributed by atoms with Crippen LogP contribution >= 0.6 is 7.82 Å². The average Bonchev–Trinajstić information content (AvgIpc) is 3.15. The molecule has 0 bridgehead atoms. The Morgan fingerprint density at radius 1 is 1.05 bits per heavy atom. The van der Waals surface area contributed by atoms with E-state index in [-0.39, 0.29) is 18.1 Å². The zero-order chi connectivity index (χ0) is 27.9. The minimum atomic E-state index is -4.04. The first-order valence-electron chi connectivity index (χ1n) is 15.8. The smallest absolute Gasteiger partial charge is 0.329 e.